The summed E-state index contributed by atoms with van der Waals surface area (Å²) >= 11 is 0. The molecule has 12 aromatic rings. The summed E-state index contributed by atoms with van der Waals surface area (Å²) in [5.41, 5.74) is 11.2. The van der Waals surface area contributed by atoms with Crippen molar-refractivity contribution in [3.8, 4) is 126 Å². The molecule has 0 aliphatic carbocycles. The van der Waals surface area contributed by atoms with Gasteiger partial charge in [0.05, 0.1) is 197 Å². The zero-order chi connectivity index (χ0) is 107. The molecule has 36 heteroatoms. The standard InChI is InChI=1S/2C38H40O12.C19H22O6.C19H20O6/c2*1-44-26-8-6-20(12-29(26)47-4)36-25(42)15-24-28(46-3)14-23(18-41)33(38(24)50-36)34-32-22(17-40)10-19(16-39)11-31(32)49-37(35(34)43)21-7-9-27(45-2)30(13-21)48-5;2*1-22-15-5-4-12(8-18(15)24-3)19-14(21)9-13-16(23-2)6-11(10-20)7-17(13)25-19/h2*6-14,25,34,36-37,39-42H,15-18H2,1-5H3;4-8,14,19-21H,9-10H2,1-3H3;4-8,19-20H,9-10H2,1-3H3/t25-,34+,36+,37+;25-,34-,36+,37+;14-,19+;19-/m0001/s1. The summed E-state index contributed by atoms with van der Waals surface area (Å²) in [4.78, 5) is 42.6. The maximum atomic E-state index is 15.0. The van der Waals surface area contributed by atoms with Crippen molar-refractivity contribution in [3.63, 3.8) is 0 Å². The number of rotatable bonds is 32. The van der Waals surface area contributed by atoms with Crippen molar-refractivity contribution in [1.82, 2.24) is 0 Å². The van der Waals surface area contributed by atoms with Crippen LogP contribution in [-0.4, -0.2) is 206 Å². The number of hydrogen-bond acceptors (Lipinski definition) is 36. The van der Waals surface area contributed by atoms with Crippen LogP contribution in [0.25, 0.3) is 0 Å². The van der Waals surface area contributed by atoms with Crippen LogP contribution in [0.4, 0.5) is 0 Å². The molecule has 6 aliphatic heterocycles. The number of ether oxygens (including phenoxy) is 22. The number of aliphatic hydroxyl groups is 11. The van der Waals surface area contributed by atoms with Gasteiger partial charge in [-0.15, -0.1) is 0 Å². The van der Waals surface area contributed by atoms with Crippen molar-refractivity contribution in [3.05, 3.63) is 292 Å². The first-order valence-electron chi connectivity index (χ1n) is 47.7. The van der Waals surface area contributed by atoms with Crippen LogP contribution in [0.1, 0.15) is 171 Å². The maximum Gasteiger partial charge on any atom is 0.190 e. The van der Waals surface area contributed by atoms with E-state index in [2.05, 4.69) is 0 Å². The van der Waals surface area contributed by atoms with E-state index in [-0.39, 0.29) is 74.5 Å². The highest BCUT2D eigenvalue weighted by atomic mass is 16.6. The summed E-state index contributed by atoms with van der Waals surface area (Å²) < 4.78 is 125. The quantitative estimate of drug-likeness (QED) is 0.0186. The largest absolute Gasteiger partial charge is 0.496 e. The third-order valence-electron chi connectivity index (χ3n) is 27.2. The average molecular weight is 2070 g/mol. The van der Waals surface area contributed by atoms with Crippen LogP contribution in [0, 0.1) is 0 Å². The minimum Gasteiger partial charge on any atom is -0.496 e. The molecule has 794 valence electrons. The summed E-state index contributed by atoms with van der Waals surface area (Å²) in [5.74, 6) is 6.79. The van der Waals surface area contributed by atoms with E-state index in [0.29, 0.717) is 221 Å². The van der Waals surface area contributed by atoms with E-state index in [4.69, 9.17) is 104 Å². The molecule has 6 heterocycles. The molecule has 0 saturated heterocycles. The molecule has 12 aromatic carbocycles. The van der Waals surface area contributed by atoms with Crippen LogP contribution in [-0.2, 0) is 92.9 Å². The Kier molecular flexibility index (Phi) is 35.2. The summed E-state index contributed by atoms with van der Waals surface area (Å²) in [6.45, 7) is -2.84. The Morgan fingerprint density at radius 3 is 0.787 bits per heavy atom. The number of carbonyl (C=O) groups is 3. The monoisotopic (exact) mass is 2070 g/mol. The van der Waals surface area contributed by atoms with E-state index >= 15 is 0 Å². The van der Waals surface area contributed by atoms with Crippen LogP contribution in [0.5, 0.6) is 126 Å². The molecule has 0 amide bonds. The minimum absolute atomic E-state index is 0.0743. The molecule has 150 heavy (non-hydrogen) atoms. The normalized spacial score (nSPS) is 18.8. The van der Waals surface area contributed by atoms with Gasteiger partial charge < -0.3 is 160 Å². The smallest absolute Gasteiger partial charge is 0.190 e. The Morgan fingerprint density at radius 2 is 0.480 bits per heavy atom. The highest BCUT2D eigenvalue weighted by Gasteiger charge is 2.50. The lowest BCUT2D eigenvalue weighted by Crippen LogP contribution is -2.35. The molecule has 0 bridgehead atoms. The van der Waals surface area contributed by atoms with E-state index in [9.17, 15) is 70.6 Å². The van der Waals surface area contributed by atoms with Crippen molar-refractivity contribution < 1.29 is 175 Å². The minimum atomic E-state index is -1.17. The van der Waals surface area contributed by atoms with Crippen LogP contribution in [0.3, 0.4) is 0 Å². The first-order chi connectivity index (χ1) is 72.7. The molecule has 0 fully saturated rings. The maximum absolute atomic E-state index is 15.0. The number of carbonyl (C=O) groups excluding carboxylic acids is 3. The zero-order valence-corrected chi connectivity index (χ0v) is 85.6. The lowest BCUT2D eigenvalue weighted by Gasteiger charge is -2.38. The molecule has 0 saturated carbocycles. The topological polar surface area (TPSA) is 477 Å². The second-order valence-electron chi connectivity index (χ2n) is 35.5. The lowest BCUT2D eigenvalue weighted by atomic mass is 9.75. The number of ketones is 3. The Hall–Kier alpha value is -15.2. The fourth-order valence-electron chi connectivity index (χ4n) is 20.0. The molecule has 0 radical (unpaired) electrons. The van der Waals surface area contributed by atoms with Gasteiger partial charge in [0.25, 0.3) is 0 Å². The summed E-state index contributed by atoms with van der Waals surface area (Å²) in [7, 11) is 24.3. The molecule has 18 rings (SSSR count). The Bertz CT molecular complexity index is 6640. The third kappa shape index (κ3) is 21.6. The number of fused-ring (bicyclic) bond motifs is 6. The van der Waals surface area contributed by atoms with Crippen molar-refractivity contribution in [1.29, 1.82) is 0 Å². The van der Waals surface area contributed by atoms with Crippen molar-refractivity contribution in [2.75, 3.05) is 114 Å². The molecule has 11 atom stereocenters. The summed E-state index contributed by atoms with van der Waals surface area (Å²) in [5, 5.41) is 115. The number of methoxy groups -OCH3 is 16. The Labute approximate surface area is 865 Å². The van der Waals surface area contributed by atoms with Gasteiger partial charge in [0, 0.05) is 86.9 Å². The van der Waals surface area contributed by atoms with Gasteiger partial charge in [0.1, 0.15) is 75.8 Å². The molecule has 6 aliphatic rings. The second-order valence-corrected chi connectivity index (χ2v) is 35.5. The number of benzene rings is 12. The third-order valence-corrected chi connectivity index (χ3v) is 27.2. The molecule has 11 N–H and O–H groups in total. The molecular weight excluding hydrogens is 1950 g/mol. The van der Waals surface area contributed by atoms with Gasteiger partial charge in [-0.1, -0.05) is 48.5 Å². The first kappa shape index (κ1) is 109. The van der Waals surface area contributed by atoms with E-state index in [0.717, 1.165) is 11.1 Å². The Balaban J connectivity index is 0.000000157. The summed E-state index contributed by atoms with van der Waals surface area (Å²) in [6, 6.07) is 47.8. The van der Waals surface area contributed by atoms with Gasteiger partial charge in [-0.05, 0) is 183 Å². The predicted molar refractivity (Wildman–Crippen MR) is 541 cm³/mol. The molecule has 36 nitrogen and oxygen atoms in total. The average Bonchev–Trinajstić information content (AvgIpc) is 0.719. The van der Waals surface area contributed by atoms with Crippen LogP contribution >= 0.6 is 0 Å². The van der Waals surface area contributed by atoms with Gasteiger partial charge in [0.15, 0.2) is 105 Å². The van der Waals surface area contributed by atoms with E-state index < -0.39 is 105 Å². The van der Waals surface area contributed by atoms with Gasteiger partial charge in [-0.2, -0.15) is 0 Å². The SMILES string of the molecule is COc1ccc([C@H]2Oc3c(c(OC)cc(CO)c3[C@@H]3C(=O)[C@@H](c4ccc(OC)c(OC)c4)Oc4cc(CO)cc(CO)c43)C[C@@H]2O)cc1OC.COc1ccc([C@H]2Oc3c(c(OC)cc(CO)c3[C@H]3C(=O)[C@@H](c4ccc(OC)c(OC)c4)Oc4cc(CO)cc(CO)c43)C[C@@H]2O)cc1OC.COc1ccc([C@H]2Oc3cc(CO)cc(OC)c3CC2=O)cc1OC.COc1ccc([C@H]2Oc3cc(CO)cc(OC)c3C[C@@H]2O)cc1OC. The predicted octanol–water partition coefficient (Wildman–Crippen LogP) is 12.8. The zero-order valence-electron chi connectivity index (χ0n) is 85.6. The van der Waals surface area contributed by atoms with Crippen LogP contribution in [0.2, 0.25) is 0 Å². The van der Waals surface area contributed by atoms with Crippen molar-refractivity contribution in [2.45, 2.75) is 145 Å². The number of hydrogen-bond donors (Lipinski definition) is 11. The fourth-order valence-corrected chi connectivity index (χ4v) is 20.0. The fraction of sp³-hybridized carbons (Fsp3) is 0.342. The molecular formula is C114H122O36. The summed E-state index contributed by atoms with van der Waals surface area (Å²) in [6.07, 6.45) is -7.48. The Morgan fingerprint density at radius 1 is 0.233 bits per heavy atom. The van der Waals surface area contributed by atoms with Crippen molar-refractivity contribution in [2.24, 2.45) is 0 Å². The molecule has 0 unspecified atom stereocenters. The van der Waals surface area contributed by atoms with E-state index in [1.807, 2.05) is 6.07 Å². The van der Waals surface area contributed by atoms with Gasteiger partial charge in [0.2, 0.25) is 0 Å². The highest BCUT2D eigenvalue weighted by molar-refractivity contribution is 5.99. The van der Waals surface area contributed by atoms with Crippen LogP contribution < -0.4 is 104 Å². The highest BCUT2D eigenvalue weighted by Crippen LogP contribution is 2.58. The van der Waals surface area contributed by atoms with Gasteiger partial charge in [-0.3, -0.25) is 14.4 Å². The van der Waals surface area contributed by atoms with E-state index in [1.165, 1.54) is 78.2 Å². The second kappa shape index (κ2) is 48.4. The van der Waals surface area contributed by atoms with Crippen molar-refractivity contribution >= 4 is 17.3 Å². The molecule has 0 aromatic heterocycles. The van der Waals surface area contributed by atoms with Gasteiger partial charge in [-0.25, -0.2) is 0 Å². The first-order valence-corrected chi connectivity index (χ1v) is 47.7. The van der Waals surface area contributed by atoms with E-state index in [1.54, 1.807) is 199 Å². The number of Topliss-reactive ketones (excluding diaryl/α,β-unsaturated/α-hetero) is 3. The van der Waals surface area contributed by atoms with Gasteiger partial charge >= 0.3 is 0 Å². The molecule has 0 spiro atoms. The lowest BCUT2D eigenvalue weighted by molar-refractivity contribution is -0.129. The van der Waals surface area contributed by atoms with Crippen LogP contribution in [0.15, 0.2) is 170 Å². The number of aliphatic hydroxyl groups excluding tert-OH is 11.